The highest BCUT2D eigenvalue weighted by Gasteiger charge is 2.28. The Balaban J connectivity index is 1.77. The highest BCUT2D eigenvalue weighted by Crippen LogP contribution is 2.23. The molecule has 1 atom stereocenters. The monoisotopic (exact) mass is 292 g/mol. The molecule has 0 saturated carbocycles. The van der Waals surface area contributed by atoms with E-state index >= 15 is 0 Å². The molecule has 2 aromatic heterocycles. The van der Waals surface area contributed by atoms with Crippen molar-refractivity contribution in [2.24, 2.45) is 0 Å². The summed E-state index contributed by atoms with van der Waals surface area (Å²) in [6, 6.07) is 0.195. The fraction of sp³-hybridized carbons (Fsp3) is 0.583. The molecule has 3 heterocycles. The Kier molecular flexibility index (Phi) is 3.47. The Labute approximate surface area is 120 Å². The van der Waals surface area contributed by atoms with Crippen molar-refractivity contribution in [3.8, 4) is 0 Å². The van der Waals surface area contributed by atoms with E-state index in [1.807, 2.05) is 23.4 Å². The maximum atomic E-state index is 12.3. The van der Waals surface area contributed by atoms with Gasteiger partial charge in [-0.15, -0.1) is 5.10 Å². The molecule has 1 aliphatic rings. The van der Waals surface area contributed by atoms with Gasteiger partial charge in [-0.3, -0.25) is 4.79 Å². The van der Waals surface area contributed by atoms with E-state index in [0.29, 0.717) is 12.2 Å². The molecule has 106 valence electrons. The summed E-state index contributed by atoms with van der Waals surface area (Å²) < 4.78 is 5.69. The molecule has 0 unspecified atom stereocenters. The quantitative estimate of drug-likeness (QED) is 0.832. The minimum absolute atomic E-state index is 0.0436. The van der Waals surface area contributed by atoms with Crippen LogP contribution in [0.3, 0.4) is 0 Å². The van der Waals surface area contributed by atoms with Crippen LogP contribution in [0.25, 0.3) is 0 Å². The maximum absolute atomic E-state index is 12.3. The Bertz CT molecular complexity index is 608. The number of hydrogen-bond acceptors (Lipinski definition) is 6. The lowest BCUT2D eigenvalue weighted by molar-refractivity contribution is 0.0665. The first-order valence-electron chi connectivity index (χ1n) is 6.61. The number of aromatic nitrogens is 5. The van der Waals surface area contributed by atoms with E-state index < -0.39 is 0 Å². The topological polar surface area (TPSA) is 76.8 Å². The minimum Gasteiger partial charge on any atom is -0.335 e. The lowest BCUT2D eigenvalue weighted by Crippen LogP contribution is -2.41. The van der Waals surface area contributed by atoms with E-state index in [-0.39, 0.29) is 11.9 Å². The van der Waals surface area contributed by atoms with Gasteiger partial charge in [0, 0.05) is 18.5 Å². The normalized spacial score (nSPS) is 19.3. The standard InChI is InChI=1S/C12H16N6OS/c1-8-13-9(2)18(15-8)10-4-3-5-17(6-10)12(19)11-7-20-16-14-11/h7,10H,3-6H2,1-2H3/t10-/m0/s1. The Hall–Kier alpha value is -1.83. The summed E-state index contributed by atoms with van der Waals surface area (Å²) >= 11 is 1.20. The molecule has 0 radical (unpaired) electrons. The molecular weight excluding hydrogens is 276 g/mol. The number of piperidine rings is 1. The molecule has 1 fully saturated rings. The second kappa shape index (κ2) is 5.28. The number of aryl methyl sites for hydroxylation is 2. The predicted octanol–water partition coefficient (Wildman–Crippen LogP) is 1.22. The minimum atomic E-state index is -0.0436. The zero-order chi connectivity index (χ0) is 14.1. The number of carbonyl (C=O) groups excluding carboxylic acids is 1. The van der Waals surface area contributed by atoms with Gasteiger partial charge in [0.25, 0.3) is 5.91 Å². The lowest BCUT2D eigenvalue weighted by Gasteiger charge is -2.32. The molecule has 0 bridgehead atoms. The predicted molar refractivity (Wildman–Crippen MR) is 73.6 cm³/mol. The van der Waals surface area contributed by atoms with E-state index in [1.165, 1.54) is 11.5 Å². The molecule has 8 heteroatoms. The summed E-state index contributed by atoms with van der Waals surface area (Å²) in [5.74, 6) is 1.63. The average Bonchev–Trinajstić information content (AvgIpc) is 3.08. The number of rotatable bonds is 2. The van der Waals surface area contributed by atoms with Gasteiger partial charge >= 0.3 is 0 Å². The molecule has 2 aromatic rings. The van der Waals surface area contributed by atoms with Crippen molar-refractivity contribution >= 4 is 17.4 Å². The van der Waals surface area contributed by atoms with E-state index in [2.05, 4.69) is 19.7 Å². The fourth-order valence-corrected chi connectivity index (χ4v) is 3.07. The molecule has 0 aliphatic carbocycles. The van der Waals surface area contributed by atoms with Crippen molar-refractivity contribution < 1.29 is 4.79 Å². The van der Waals surface area contributed by atoms with Gasteiger partial charge in [-0.2, -0.15) is 5.10 Å². The molecule has 20 heavy (non-hydrogen) atoms. The van der Waals surface area contributed by atoms with Crippen molar-refractivity contribution in [1.29, 1.82) is 0 Å². The second-order valence-corrected chi connectivity index (χ2v) is 5.60. The van der Waals surface area contributed by atoms with E-state index in [4.69, 9.17) is 0 Å². The van der Waals surface area contributed by atoms with Crippen LogP contribution in [0.1, 0.15) is 41.0 Å². The van der Waals surface area contributed by atoms with Crippen LogP contribution in [0, 0.1) is 13.8 Å². The number of hydrogen-bond donors (Lipinski definition) is 0. The molecule has 0 aromatic carbocycles. The van der Waals surface area contributed by atoms with Gasteiger partial charge in [0.15, 0.2) is 5.69 Å². The smallest absolute Gasteiger partial charge is 0.275 e. The van der Waals surface area contributed by atoms with Crippen LogP contribution in [0.2, 0.25) is 0 Å². The molecule has 1 amide bonds. The van der Waals surface area contributed by atoms with Crippen LogP contribution in [-0.4, -0.2) is 48.2 Å². The van der Waals surface area contributed by atoms with Crippen LogP contribution in [0.5, 0.6) is 0 Å². The van der Waals surface area contributed by atoms with Crippen molar-refractivity contribution in [2.75, 3.05) is 13.1 Å². The zero-order valence-corrected chi connectivity index (χ0v) is 12.3. The van der Waals surface area contributed by atoms with Crippen molar-refractivity contribution in [3.63, 3.8) is 0 Å². The Morgan fingerprint density at radius 1 is 1.45 bits per heavy atom. The second-order valence-electron chi connectivity index (χ2n) is 4.99. The van der Waals surface area contributed by atoms with Gasteiger partial charge in [-0.05, 0) is 38.2 Å². The van der Waals surface area contributed by atoms with Gasteiger partial charge in [0.1, 0.15) is 11.6 Å². The SMILES string of the molecule is Cc1nc(C)n([C@H]2CCCN(C(=O)c3csnn3)C2)n1. The van der Waals surface area contributed by atoms with Gasteiger partial charge < -0.3 is 4.90 Å². The summed E-state index contributed by atoms with van der Waals surface area (Å²) in [4.78, 5) is 18.5. The third kappa shape index (κ3) is 2.43. The summed E-state index contributed by atoms with van der Waals surface area (Å²) in [5, 5.41) is 9.98. The third-order valence-corrected chi connectivity index (χ3v) is 4.02. The first-order valence-corrected chi connectivity index (χ1v) is 7.45. The summed E-state index contributed by atoms with van der Waals surface area (Å²) in [6.07, 6.45) is 1.98. The van der Waals surface area contributed by atoms with Crippen LogP contribution in [-0.2, 0) is 0 Å². The summed E-state index contributed by atoms with van der Waals surface area (Å²) in [7, 11) is 0. The van der Waals surface area contributed by atoms with Gasteiger partial charge in [0.2, 0.25) is 0 Å². The summed E-state index contributed by atoms with van der Waals surface area (Å²) in [5.41, 5.74) is 0.433. The van der Waals surface area contributed by atoms with Crippen molar-refractivity contribution in [2.45, 2.75) is 32.7 Å². The first kappa shape index (κ1) is 13.2. The van der Waals surface area contributed by atoms with E-state index in [9.17, 15) is 4.79 Å². The highest BCUT2D eigenvalue weighted by molar-refractivity contribution is 7.03. The molecule has 0 spiro atoms. The van der Waals surface area contributed by atoms with Gasteiger partial charge in [-0.1, -0.05) is 4.49 Å². The number of carbonyl (C=O) groups is 1. The van der Waals surface area contributed by atoms with Crippen LogP contribution in [0.15, 0.2) is 5.38 Å². The Morgan fingerprint density at radius 3 is 2.95 bits per heavy atom. The van der Waals surface area contributed by atoms with E-state index in [0.717, 1.165) is 31.0 Å². The molecule has 0 N–H and O–H groups in total. The highest BCUT2D eigenvalue weighted by atomic mass is 32.1. The number of likely N-dealkylation sites (tertiary alicyclic amines) is 1. The number of amides is 1. The molecular formula is C12H16N6OS. The first-order chi connectivity index (χ1) is 9.65. The van der Waals surface area contributed by atoms with Gasteiger partial charge in [0.05, 0.1) is 6.04 Å². The molecule has 1 saturated heterocycles. The largest absolute Gasteiger partial charge is 0.335 e. The Morgan fingerprint density at radius 2 is 2.30 bits per heavy atom. The summed E-state index contributed by atoms with van der Waals surface area (Å²) in [6.45, 7) is 5.25. The van der Waals surface area contributed by atoms with Crippen LogP contribution >= 0.6 is 11.5 Å². The van der Waals surface area contributed by atoms with Crippen LogP contribution in [0.4, 0.5) is 0 Å². The molecule has 3 rings (SSSR count). The third-order valence-electron chi connectivity index (χ3n) is 3.52. The maximum Gasteiger partial charge on any atom is 0.275 e. The lowest BCUT2D eigenvalue weighted by atomic mass is 10.1. The zero-order valence-electron chi connectivity index (χ0n) is 11.5. The fourth-order valence-electron chi connectivity index (χ4n) is 2.64. The molecule has 1 aliphatic heterocycles. The van der Waals surface area contributed by atoms with E-state index in [1.54, 1.807) is 5.38 Å². The number of nitrogens with zero attached hydrogens (tertiary/aromatic N) is 6. The van der Waals surface area contributed by atoms with Gasteiger partial charge in [-0.25, -0.2) is 9.67 Å². The average molecular weight is 292 g/mol. The molecule has 7 nitrogen and oxygen atoms in total. The van der Waals surface area contributed by atoms with Crippen LogP contribution < -0.4 is 0 Å². The van der Waals surface area contributed by atoms with Crippen molar-refractivity contribution in [3.05, 3.63) is 22.7 Å². The van der Waals surface area contributed by atoms with Crippen molar-refractivity contribution in [1.82, 2.24) is 29.3 Å².